The number of hydrazine groups is 1. The fraction of sp³-hybridized carbons (Fsp3) is 0.0667. The Hall–Kier alpha value is -3.22. The van der Waals surface area contributed by atoms with Gasteiger partial charge in [0.25, 0.3) is 11.6 Å². The maximum Gasteiger partial charge on any atom is 0.269 e. The van der Waals surface area contributed by atoms with Crippen LogP contribution in [-0.2, 0) is 6.54 Å². The number of amides is 1. The number of nitro benzene ring substituents is 1. The number of rotatable bonds is 3. The van der Waals surface area contributed by atoms with E-state index in [9.17, 15) is 14.9 Å². The third kappa shape index (κ3) is 2.39. The second-order valence-electron chi connectivity index (χ2n) is 4.84. The predicted molar refractivity (Wildman–Crippen MR) is 79.4 cm³/mol. The molecule has 2 aromatic carbocycles. The summed E-state index contributed by atoms with van der Waals surface area (Å²) in [6.07, 6.45) is 0. The van der Waals surface area contributed by atoms with Crippen LogP contribution in [0.15, 0.2) is 48.5 Å². The molecule has 0 saturated heterocycles. The van der Waals surface area contributed by atoms with Crippen molar-refractivity contribution in [1.29, 1.82) is 5.41 Å². The van der Waals surface area contributed by atoms with Gasteiger partial charge in [-0.25, -0.2) is 0 Å². The van der Waals surface area contributed by atoms with Crippen molar-refractivity contribution in [2.75, 3.05) is 0 Å². The average molecular weight is 296 g/mol. The van der Waals surface area contributed by atoms with Crippen LogP contribution in [0.4, 0.5) is 5.69 Å². The van der Waals surface area contributed by atoms with Gasteiger partial charge in [-0.1, -0.05) is 24.3 Å². The summed E-state index contributed by atoms with van der Waals surface area (Å²) in [6.45, 7) is 0.424. The molecule has 0 aromatic heterocycles. The number of carbonyl (C=O) groups is 1. The number of nitrogens with one attached hydrogen (secondary N) is 2. The third-order valence-electron chi connectivity index (χ3n) is 3.45. The molecule has 0 fully saturated rings. The zero-order chi connectivity index (χ0) is 15.7. The molecule has 110 valence electrons. The van der Waals surface area contributed by atoms with Crippen LogP contribution < -0.4 is 5.43 Å². The van der Waals surface area contributed by atoms with Gasteiger partial charge in [0, 0.05) is 23.3 Å². The maximum absolute atomic E-state index is 12.2. The smallest absolute Gasteiger partial charge is 0.269 e. The number of carbonyl (C=O) groups excluding carboxylic acids is 1. The van der Waals surface area contributed by atoms with Crippen molar-refractivity contribution >= 4 is 17.4 Å². The van der Waals surface area contributed by atoms with Gasteiger partial charge in [-0.2, -0.15) is 0 Å². The summed E-state index contributed by atoms with van der Waals surface area (Å²) in [5.74, 6) is -0.182. The summed E-state index contributed by atoms with van der Waals surface area (Å²) in [6, 6.07) is 12.8. The number of nitro groups is 1. The first-order valence-electron chi connectivity index (χ1n) is 6.56. The van der Waals surface area contributed by atoms with Gasteiger partial charge in [0.05, 0.1) is 11.5 Å². The lowest BCUT2D eigenvalue weighted by molar-refractivity contribution is -0.384. The van der Waals surface area contributed by atoms with E-state index in [1.807, 2.05) is 24.3 Å². The Kier molecular flexibility index (Phi) is 3.30. The van der Waals surface area contributed by atoms with Crippen LogP contribution in [-0.4, -0.2) is 21.7 Å². The third-order valence-corrected chi connectivity index (χ3v) is 3.45. The van der Waals surface area contributed by atoms with Gasteiger partial charge in [-0.15, -0.1) is 0 Å². The number of nitrogens with zero attached hydrogens (tertiary/aromatic N) is 2. The van der Waals surface area contributed by atoms with E-state index < -0.39 is 10.8 Å². The second-order valence-corrected chi connectivity index (χ2v) is 4.84. The van der Waals surface area contributed by atoms with Crippen LogP contribution in [0.5, 0.6) is 0 Å². The minimum absolute atomic E-state index is 0.0714. The highest BCUT2D eigenvalue weighted by molar-refractivity contribution is 6.02. The number of non-ortho nitro benzene ring substituents is 1. The van der Waals surface area contributed by atoms with Crippen LogP contribution in [0.3, 0.4) is 0 Å². The Bertz CT molecular complexity index is 771. The minimum Gasteiger partial charge on any atom is -0.283 e. The molecule has 1 heterocycles. The van der Waals surface area contributed by atoms with Crippen molar-refractivity contribution in [3.63, 3.8) is 0 Å². The summed E-state index contributed by atoms with van der Waals surface area (Å²) in [7, 11) is 0. The van der Waals surface area contributed by atoms with Gasteiger partial charge in [-0.3, -0.25) is 30.8 Å². The molecular weight excluding hydrogens is 284 g/mol. The second kappa shape index (κ2) is 5.28. The molecule has 1 aliphatic rings. The number of hydrogen-bond acceptors (Lipinski definition) is 4. The van der Waals surface area contributed by atoms with E-state index in [0.29, 0.717) is 12.1 Å². The molecule has 1 amide bonds. The van der Waals surface area contributed by atoms with E-state index in [0.717, 1.165) is 11.1 Å². The van der Waals surface area contributed by atoms with Gasteiger partial charge in [0.1, 0.15) is 5.84 Å². The first-order chi connectivity index (χ1) is 10.6. The molecule has 1 aliphatic heterocycles. The Labute approximate surface area is 125 Å². The molecule has 22 heavy (non-hydrogen) atoms. The molecule has 0 bridgehead atoms. The van der Waals surface area contributed by atoms with Gasteiger partial charge < -0.3 is 0 Å². The molecular formula is C15H12N4O3. The van der Waals surface area contributed by atoms with Crippen LogP contribution in [0, 0.1) is 15.5 Å². The highest BCUT2D eigenvalue weighted by Gasteiger charge is 2.25. The molecule has 0 saturated carbocycles. The Morgan fingerprint density at radius 3 is 2.50 bits per heavy atom. The topological polar surface area (TPSA) is 99.3 Å². The zero-order valence-electron chi connectivity index (χ0n) is 11.4. The minimum atomic E-state index is -0.519. The van der Waals surface area contributed by atoms with E-state index in [-0.39, 0.29) is 11.5 Å². The molecule has 7 heteroatoms. The van der Waals surface area contributed by atoms with Crippen molar-refractivity contribution in [1.82, 2.24) is 10.4 Å². The lowest BCUT2D eigenvalue weighted by Crippen LogP contribution is -2.42. The Morgan fingerprint density at radius 2 is 1.86 bits per heavy atom. The molecule has 0 radical (unpaired) electrons. The largest absolute Gasteiger partial charge is 0.283 e. The van der Waals surface area contributed by atoms with Crippen molar-refractivity contribution in [3.8, 4) is 0 Å². The lowest BCUT2D eigenvalue weighted by atomic mass is 10.1. The standard InChI is InChI=1S/C15H12N4O3/c16-14-13-4-2-1-3-11(13)9-18(14)17-15(20)10-5-7-12(8-6-10)19(21)22/h1-8,16H,9H2,(H,17,20). The Morgan fingerprint density at radius 1 is 1.18 bits per heavy atom. The first kappa shape index (κ1) is 13.7. The highest BCUT2D eigenvalue weighted by atomic mass is 16.6. The van der Waals surface area contributed by atoms with Crippen LogP contribution in [0.25, 0.3) is 0 Å². The van der Waals surface area contributed by atoms with Gasteiger partial charge >= 0.3 is 0 Å². The lowest BCUT2D eigenvalue weighted by Gasteiger charge is -2.18. The fourth-order valence-corrected chi connectivity index (χ4v) is 2.30. The zero-order valence-corrected chi connectivity index (χ0v) is 11.4. The molecule has 0 spiro atoms. The van der Waals surface area contributed by atoms with Crippen molar-refractivity contribution < 1.29 is 9.72 Å². The molecule has 2 N–H and O–H groups in total. The maximum atomic E-state index is 12.2. The average Bonchev–Trinajstić information content (AvgIpc) is 2.84. The van der Waals surface area contributed by atoms with E-state index in [1.165, 1.54) is 29.3 Å². The van der Waals surface area contributed by atoms with Crippen molar-refractivity contribution in [2.24, 2.45) is 0 Å². The van der Waals surface area contributed by atoms with Gasteiger partial charge in [0.2, 0.25) is 0 Å². The van der Waals surface area contributed by atoms with Crippen LogP contribution in [0.1, 0.15) is 21.5 Å². The summed E-state index contributed by atoms with van der Waals surface area (Å²) >= 11 is 0. The summed E-state index contributed by atoms with van der Waals surface area (Å²) in [5, 5.41) is 20.1. The monoisotopic (exact) mass is 296 g/mol. The quantitative estimate of drug-likeness (QED) is 0.669. The predicted octanol–water partition coefficient (Wildman–Crippen LogP) is 2.08. The van der Waals surface area contributed by atoms with Crippen LogP contribution >= 0.6 is 0 Å². The molecule has 0 atom stereocenters. The number of hydrogen-bond donors (Lipinski definition) is 2. The van der Waals surface area contributed by atoms with E-state index in [2.05, 4.69) is 5.43 Å². The van der Waals surface area contributed by atoms with Crippen molar-refractivity contribution in [3.05, 3.63) is 75.3 Å². The molecule has 7 nitrogen and oxygen atoms in total. The van der Waals surface area contributed by atoms with Crippen molar-refractivity contribution in [2.45, 2.75) is 6.54 Å². The molecule has 0 aliphatic carbocycles. The molecule has 2 aromatic rings. The molecule has 0 unspecified atom stereocenters. The first-order valence-corrected chi connectivity index (χ1v) is 6.56. The molecule has 3 rings (SSSR count). The van der Waals surface area contributed by atoms with Crippen LogP contribution in [0.2, 0.25) is 0 Å². The van der Waals surface area contributed by atoms with E-state index >= 15 is 0 Å². The summed E-state index contributed by atoms with van der Waals surface area (Å²) in [5.41, 5.74) is 4.62. The number of fused-ring (bicyclic) bond motifs is 1. The summed E-state index contributed by atoms with van der Waals surface area (Å²) < 4.78 is 0. The van der Waals surface area contributed by atoms with E-state index in [4.69, 9.17) is 5.41 Å². The van der Waals surface area contributed by atoms with Gasteiger partial charge in [-0.05, 0) is 17.7 Å². The van der Waals surface area contributed by atoms with E-state index in [1.54, 1.807) is 0 Å². The number of benzene rings is 2. The Balaban J connectivity index is 1.73. The fourth-order valence-electron chi connectivity index (χ4n) is 2.30. The number of amidine groups is 1. The highest BCUT2D eigenvalue weighted by Crippen LogP contribution is 2.21. The SMILES string of the molecule is N=C1c2ccccc2CN1NC(=O)c1ccc([N+](=O)[O-])cc1. The summed E-state index contributed by atoms with van der Waals surface area (Å²) in [4.78, 5) is 22.2. The normalized spacial score (nSPS) is 12.9. The van der Waals surface area contributed by atoms with Gasteiger partial charge in [0.15, 0.2) is 0 Å².